The van der Waals surface area contributed by atoms with E-state index in [1.54, 1.807) is 4.90 Å². The van der Waals surface area contributed by atoms with Crippen molar-refractivity contribution < 1.29 is 14.7 Å². The van der Waals surface area contributed by atoms with E-state index in [4.69, 9.17) is 5.11 Å². The molecule has 1 amide bonds. The van der Waals surface area contributed by atoms with Gasteiger partial charge in [-0.25, -0.2) is 4.79 Å². The van der Waals surface area contributed by atoms with Crippen LogP contribution in [0.1, 0.15) is 32.1 Å². The van der Waals surface area contributed by atoms with Crippen molar-refractivity contribution in [3.8, 4) is 0 Å². The molecule has 0 bridgehead atoms. The van der Waals surface area contributed by atoms with Crippen molar-refractivity contribution >= 4 is 23.6 Å². The van der Waals surface area contributed by atoms with Crippen LogP contribution in [0.5, 0.6) is 0 Å². The molecule has 2 aliphatic heterocycles. The molecular formula is C12H19NO3S. The number of likely N-dealkylation sites (tertiary alicyclic amines) is 1. The molecule has 1 unspecified atom stereocenters. The highest BCUT2D eigenvalue weighted by molar-refractivity contribution is 7.99. The summed E-state index contributed by atoms with van der Waals surface area (Å²) < 4.78 is 0. The van der Waals surface area contributed by atoms with Crippen LogP contribution in [0.4, 0.5) is 0 Å². The van der Waals surface area contributed by atoms with E-state index in [-0.39, 0.29) is 11.8 Å². The number of nitrogens with zero attached hydrogens (tertiary/aromatic N) is 1. The molecule has 0 aromatic rings. The van der Waals surface area contributed by atoms with Crippen LogP contribution in [0.15, 0.2) is 0 Å². The lowest BCUT2D eigenvalue weighted by Gasteiger charge is -2.36. The Bertz CT molecular complexity index is 302. The van der Waals surface area contributed by atoms with Gasteiger partial charge in [-0.3, -0.25) is 4.79 Å². The third kappa shape index (κ3) is 2.94. The van der Waals surface area contributed by atoms with Crippen LogP contribution in [-0.4, -0.2) is 46.0 Å². The molecule has 0 radical (unpaired) electrons. The zero-order valence-corrected chi connectivity index (χ0v) is 10.7. The second kappa shape index (κ2) is 5.76. The molecule has 0 aromatic heterocycles. The second-order valence-electron chi connectivity index (χ2n) is 4.77. The fourth-order valence-electron chi connectivity index (χ4n) is 2.63. The molecule has 2 saturated heterocycles. The van der Waals surface area contributed by atoms with Gasteiger partial charge in [-0.15, -0.1) is 0 Å². The van der Waals surface area contributed by atoms with E-state index in [0.717, 1.165) is 37.2 Å². The zero-order valence-electron chi connectivity index (χ0n) is 9.93. The zero-order chi connectivity index (χ0) is 12.3. The van der Waals surface area contributed by atoms with Gasteiger partial charge < -0.3 is 10.0 Å². The van der Waals surface area contributed by atoms with Gasteiger partial charge in [-0.2, -0.15) is 11.8 Å². The van der Waals surface area contributed by atoms with Crippen molar-refractivity contribution in [2.45, 2.75) is 38.1 Å². The van der Waals surface area contributed by atoms with Crippen molar-refractivity contribution in [2.24, 2.45) is 5.92 Å². The van der Waals surface area contributed by atoms with Gasteiger partial charge in [0.2, 0.25) is 5.91 Å². The Labute approximate surface area is 106 Å². The van der Waals surface area contributed by atoms with Crippen LogP contribution < -0.4 is 0 Å². The summed E-state index contributed by atoms with van der Waals surface area (Å²) >= 11 is 1.88. The minimum atomic E-state index is -0.844. The number of aliphatic carboxylic acids is 1. The van der Waals surface area contributed by atoms with Crippen molar-refractivity contribution in [3.63, 3.8) is 0 Å². The molecular weight excluding hydrogens is 238 g/mol. The van der Waals surface area contributed by atoms with Crippen molar-refractivity contribution in [3.05, 3.63) is 0 Å². The molecule has 0 saturated carbocycles. The molecule has 2 heterocycles. The molecule has 0 aromatic carbocycles. The normalized spacial score (nSPS) is 26.8. The molecule has 4 nitrogen and oxygen atoms in total. The van der Waals surface area contributed by atoms with E-state index < -0.39 is 12.0 Å². The largest absolute Gasteiger partial charge is 0.480 e. The second-order valence-corrected chi connectivity index (χ2v) is 5.99. The maximum absolute atomic E-state index is 12.3. The first kappa shape index (κ1) is 12.7. The summed E-state index contributed by atoms with van der Waals surface area (Å²) in [5.41, 5.74) is 0. The number of hydrogen-bond acceptors (Lipinski definition) is 3. The molecule has 5 heteroatoms. The van der Waals surface area contributed by atoms with Gasteiger partial charge in [0.1, 0.15) is 6.04 Å². The Balaban J connectivity index is 2.02. The lowest BCUT2D eigenvalue weighted by Crippen LogP contribution is -2.50. The SMILES string of the molecule is O=C(O)C1CCCCN1C(=O)C1CCSCC1. The summed E-state index contributed by atoms with van der Waals surface area (Å²) in [4.78, 5) is 25.1. The van der Waals surface area contributed by atoms with Crippen LogP contribution in [-0.2, 0) is 9.59 Å². The molecule has 1 atom stereocenters. The van der Waals surface area contributed by atoms with Gasteiger partial charge in [-0.05, 0) is 43.6 Å². The fourth-order valence-corrected chi connectivity index (χ4v) is 3.74. The van der Waals surface area contributed by atoms with Crippen LogP contribution in [0.25, 0.3) is 0 Å². The number of thioether (sulfide) groups is 1. The highest BCUT2D eigenvalue weighted by Gasteiger charge is 2.35. The number of carboxylic acids is 1. The van der Waals surface area contributed by atoms with E-state index >= 15 is 0 Å². The van der Waals surface area contributed by atoms with E-state index in [1.165, 1.54) is 0 Å². The first-order chi connectivity index (χ1) is 8.20. The lowest BCUT2D eigenvalue weighted by atomic mass is 9.96. The van der Waals surface area contributed by atoms with Crippen LogP contribution in [0, 0.1) is 5.92 Å². The minimum absolute atomic E-state index is 0.0659. The number of hydrogen-bond donors (Lipinski definition) is 1. The number of carbonyl (C=O) groups excluding carboxylic acids is 1. The van der Waals surface area contributed by atoms with Crippen LogP contribution in [0.3, 0.4) is 0 Å². The summed E-state index contributed by atoms with van der Waals surface area (Å²) in [6.45, 7) is 0.624. The maximum atomic E-state index is 12.3. The van der Waals surface area contributed by atoms with Gasteiger partial charge in [0.25, 0.3) is 0 Å². The van der Waals surface area contributed by atoms with Gasteiger partial charge in [0.15, 0.2) is 0 Å². The lowest BCUT2D eigenvalue weighted by molar-refractivity contribution is -0.154. The summed E-state index contributed by atoms with van der Waals surface area (Å²) in [6, 6.07) is -0.578. The van der Waals surface area contributed by atoms with E-state index in [2.05, 4.69) is 0 Å². The van der Waals surface area contributed by atoms with Gasteiger partial charge in [0, 0.05) is 12.5 Å². The third-order valence-electron chi connectivity index (χ3n) is 3.64. The Morgan fingerprint density at radius 2 is 1.82 bits per heavy atom. The first-order valence-corrected chi connectivity index (χ1v) is 7.46. The number of carbonyl (C=O) groups is 2. The van der Waals surface area contributed by atoms with Crippen molar-refractivity contribution in [1.82, 2.24) is 4.90 Å². The monoisotopic (exact) mass is 257 g/mol. The van der Waals surface area contributed by atoms with Gasteiger partial charge in [0.05, 0.1) is 0 Å². The highest BCUT2D eigenvalue weighted by atomic mass is 32.2. The molecule has 0 aliphatic carbocycles. The van der Waals surface area contributed by atoms with Crippen LogP contribution in [0.2, 0.25) is 0 Å². The van der Waals surface area contributed by atoms with E-state index in [9.17, 15) is 9.59 Å². The fraction of sp³-hybridized carbons (Fsp3) is 0.833. The molecule has 2 rings (SSSR count). The minimum Gasteiger partial charge on any atom is -0.480 e. The number of rotatable bonds is 2. The predicted molar refractivity (Wildman–Crippen MR) is 67.0 cm³/mol. The summed E-state index contributed by atoms with van der Waals surface area (Å²) in [5, 5.41) is 9.16. The Morgan fingerprint density at radius 3 is 2.47 bits per heavy atom. The number of amides is 1. The Morgan fingerprint density at radius 1 is 1.12 bits per heavy atom. The van der Waals surface area contributed by atoms with Crippen molar-refractivity contribution in [1.29, 1.82) is 0 Å². The van der Waals surface area contributed by atoms with E-state index in [1.807, 2.05) is 11.8 Å². The molecule has 96 valence electrons. The standard InChI is InChI=1S/C12H19NO3S/c14-11(9-4-7-17-8-5-9)13-6-2-1-3-10(13)12(15)16/h9-10H,1-8H2,(H,15,16). The molecule has 2 fully saturated rings. The maximum Gasteiger partial charge on any atom is 0.326 e. The Kier molecular flexibility index (Phi) is 4.31. The molecule has 17 heavy (non-hydrogen) atoms. The topological polar surface area (TPSA) is 57.6 Å². The number of piperidine rings is 1. The van der Waals surface area contributed by atoms with Gasteiger partial charge in [-0.1, -0.05) is 0 Å². The Hall–Kier alpha value is -0.710. The van der Waals surface area contributed by atoms with Gasteiger partial charge >= 0.3 is 5.97 Å². The summed E-state index contributed by atoms with van der Waals surface area (Å²) in [7, 11) is 0. The average Bonchev–Trinajstić information content (AvgIpc) is 2.39. The highest BCUT2D eigenvalue weighted by Crippen LogP contribution is 2.27. The predicted octanol–water partition coefficient (Wildman–Crippen LogP) is 1.60. The van der Waals surface area contributed by atoms with Crippen molar-refractivity contribution in [2.75, 3.05) is 18.1 Å². The first-order valence-electron chi connectivity index (χ1n) is 6.31. The summed E-state index contributed by atoms with van der Waals surface area (Å²) in [6.07, 6.45) is 4.29. The third-order valence-corrected chi connectivity index (χ3v) is 4.69. The summed E-state index contributed by atoms with van der Waals surface area (Å²) in [5.74, 6) is 1.36. The molecule has 2 aliphatic rings. The van der Waals surface area contributed by atoms with Crippen LogP contribution >= 0.6 is 11.8 Å². The smallest absolute Gasteiger partial charge is 0.326 e. The molecule has 1 N–H and O–H groups in total. The average molecular weight is 257 g/mol. The number of carboxylic acid groups (broad SMARTS) is 1. The van der Waals surface area contributed by atoms with E-state index in [0.29, 0.717) is 13.0 Å². The quantitative estimate of drug-likeness (QED) is 0.816. The molecule has 0 spiro atoms.